The summed E-state index contributed by atoms with van der Waals surface area (Å²) < 4.78 is 0. The first-order valence-corrected chi connectivity index (χ1v) is 8.69. The quantitative estimate of drug-likeness (QED) is 0.821. The molecule has 0 fully saturated rings. The van der Waals surface area contributed by atoms with E-state index in [2.05, 4.69) is 15.5 Å². The van der Waals surface area contributed by atoms with Crippen molar-refractivity contribution in [3.8, 4) is 0 Å². The molecule has 6 nitrogen and oxygen atoms in total. The molecule has 1 aliphatic carbocycles. The number of para-hydroxylation sites is 1. The molecule has 0 saturated carbocycles. The van der Waals surface area contributed by atoms with Gasteiger partial charge in [-0.25, -0.2) is 0 Å². The van der Waals surface area contributed by atoms with E-state index in [4.69, 9.17) is 0 Å². The molecule has 0 atom stereocenters. The minimum absolute atomic E-state index is 0.169. The molecule has 0 spiro atoms. The summed E-state index contributed by atoms with van der Waals surface area (Å²) in [6, 6.07) is 7.52. The van der Waals surface area contributed by atoms with Crippen LogP contribution in [0, 0.1) is 6.92 Å². The van der Waals surface area contributed by atoms with E-state index >= 15 is 0 Å². The molecule has 0 bridgehead atoms. The van der Waals surface area contributed by atoms with Gasteiger partial charge in [0.2, 0.25) is 11.8 Å². The Bertz CT molecular complexity index is 781. The van der Waals surface area contributed by atoms with Gasteiger partial charge in [-0.3, -0.25) is 14.7 Å². The number of carbonyl (C=O) groups excluding carboxylic acids is 2. The molecule has 25 heavy (non-hydrogen) atoms. The summed E-state index contributed by atoms with van der Waals surface area (Å²) in [6.45, 7) is 2.35. The lowest BCUT2D eigenvalue weighted by atomic mass is 9.96. The van der Waals surface area contributed by atoms with Crippen molar-refractivity contribution < 1.29 is 9.59 Å². The Hall–Kier alpha value is -2.63. The largest absolute Gasteiger partial charge is 0.339 e. The van der Waals surface area contributed by atoms with E-state index in [1.54, 1.807) is 11.9 Å². The second-order valence-electron chi connectivity index (χ2n) is 6.62. The van der Waals surface area contributed by atoms with Crippen molar-refractivity contribution in [2.24, 2.45) is 0 Å². The molecule has 2 N–H and O–H groups in total. The fraction of sp³-hybridized carbons (Fsp3) is 0.421. The summed E-state index contributed by atoms with van der Waals surface area (Å²) in [6.07, 6.45) is 4.21. The second-order valence-corrected chi connectivity index (χ2v) is 6.62. The van der Waals surface area contributed by atoms with Crippen molar-refractivity contribution in [2.75, 3.05) is 12.4 Å². The van der Waals surface area contributed by atoms with Crippen molar-refractivity contribution in [3.63, 3.8) is 0 Å². The van der Waals surface area contributed by atoms with E-state index in [0.29, 0.717) is 6.54 Å². The van der Waals surface area contributed by atoms with Crippen molar-refractivity contribution in [1.82, 2.24) is 15.1 Å². The van der Waals surface area contributed by atoms with Crippen LogP contribution >= 0.6 is 0 Å². The third-order valence-electron chi connectivity index (χ3n) is 4.69. The summed E-state index contributed by atoms with van der Waals surface area (Å²) >= 11 is 0. The highest BCUT2D eigenvalue weighted by Gasteiger charge is 2.20. The molecule has 1 aromatic heterocycles. The molecule has 2 amide bonds. The standard InChI is InChI=1S/C19H24N4O2/c1-13-7-3-5-9-15(13)20-18(24)11-19(25)23(2)12-17-14-8-4-6-10-16(14)21-22-17/h3,5,7,9H,4,6,8,10-12H2,1-2H3,(H,20,24)(H,21,22). The first kappa shape index (κ1) is 17.2. The third kappa shape index (κ3) is 4.07. The first-order valence-electron chi connectivity index (χ1n) is 8.69. The van der Waals surface area contributed by atoms with Gasteiger partial charge in [-0.15, -0.1) is 0 Å². The molecule has 6 heteroatoms. The highest BCUT2D eigenvalue weighted by molar-refractivity contribution is 6.03. The number of benzene rings is 1. The highest BCUT2D eigenvalue weighted by Crippen LogP contribution is 2.23. The zero-order valence-electron chi connectivity index (χ0n) is 14.8. The Morgan fingerprint density at radius 3 is 2.80 bits per heavy atom. The zero-order chi connectivity index (χ0) is 17.8. The second kappa shape index (κ2) is 7.51. The smallest absolute Gasteiger partial charge is 0.233 e. The SMILES string of the molecule is Cc1ccccc1NC(=O)CC(=O)N(C)Cc1n[nH]c2c1CCCC2. The van der Waals surface area contributed by atoms with Gasteiger partial charge in [0.05, 0.1) is 12.2 Å². The summed E-state index contributed by atoms with van der Waals surface area (Å²) in [5.41, 5.74) is 5.07. The maximum Gasteiger partial charge on any atom is 0.233 e. The van der Waals surface area contributed by atoms with Crippen LogP contribution < -0.4 is 5.32 Å². The van der Waals surface area contributed by atoms with Crippen molar-refractivity contribution >= 4 is 17.5 Å². The minimum Gasteiger partial charge on any atom is -0.339 e. The molecule has 0 radical (unpaired) electrons. The van der Waals surface area contributed by atoms with Gasteiger partial charge >= 0.3 is 0 Å². The van der Waals surface area contributed by atoms with Gasteiger partial charge in [0.25, 0.3) is 0 Å². The average molecular weight is 340 g/mol. The number of aryl methyl sites for hydroxylation is 2. The van der Waals surface area contributed by atoms with Crippen LogP contribution in [0.3, 0.4) is 0 Å². The maximum atomic E-state index is 12.4. The fourth-order valence-corrected chi connectivity index (χ4v) is 3.17. The number of anilines is 1. The summed E-state index contributed by atoms with van der Waals surface area (Å²) in [5, 5.41) is 10.2. The number of aromatic amines is 1. The Kier molecular flexibility index (Phi) is 5.16. The monoisotopic (exact) mass is 340 g/mol. The van der Waals surface area contributed by atoms with Crippen molar-refractivity contribution in [2.45, 2.75) is 45.6 Å². The number of rotatable bonds is 5. The molecule has 1 aliphatic rings. The number of fused-ring (bicyclic) bond motifs is 1. The zero-order valence-corrected chi connectivity index (χ0v) is 14.8. The number of nitrogens with one attached hydrogen (secondary N) is 2. The van der Waals surface area contributed by atoms with E-state index < -0.39 is 0 Å². The molecule has 0 aliphatic heterocycles. The Balaban J connectivity index is 1.56. The molecule has 1 aromatic carbocycles. The van der Waals surface area contributed by atoms with Crippen LogP contribution in [0.25, 0.3) is 0 Å². The number of aromatic nitrogens is 2. The van der Waals surface area contributed by atoms with Crippen LogP contribution in [0.4, 0.5) is 5.69 Å². The summed E-state index contributed by atoms with van der Waals surface area (Å²) in [4.78, 5) is 26.1. The van der Waals surface area contributed by atoms with Crippen LogP contribution in [0.1, 0.15) is 41.8 Å². The first-order chi connectivity index (χ1) is 12.0. The maximum absolute atomic E-state index is 12.4. The van der Waals surface area contributed by atoms with E-state index in [9.17, 15) is 9.59 Å². The van der Waals surface area contributed by atoms with Crippen LogP contribution in [-0.4, -0.2) is 34.0 Å². The van der Waals surface area contributed by atoms with Gasteiger partial charge in [-0.1, -0.05) is 18.2 Å². The lowest BCUT2D eigenvalue weighted by molar-refractivity contribution is -0.134. The Morgan fingerprint density at radius 2 is 2.00 bits per heavy atom. The van der Waals surface area contributed by atoms with Crippen LogP contribution in [0.5, 0.6) is 0 Å². The number of amides is 2. The lowest BCUT2D eigenvalue weighted by Gasteiger charge is -2.18. The molecular formula is C19H24N4O2. The van der Waals surface area contributed by atoms with Gasteiger partial charge in [0.1, 0.15) is 6.42 Å². The van der Waals surface area contributed by atoms with Crippen molar-refractivity contribution in [1.29, 1.82) is 0 Å². The molecule has 2 aromatic rings. The average Bonchev–Trinajstić information content (AvgIpc) is 3.00. The predicted molar refractivity (Wildman–Crippen MR) is 96.1 cm³/mol. The molecule has 132 valence electrons. The minimum atomic E-state index is -0.296. The van der Waals surface area contributed by atoms with Gasteiger partial charge < -0.3 is 10.2 Å². The van der Waals surface area contributed by atoms with Crippen LogP contribution in [0.15, 0.2) is 24.3 Å². The fourth-order valence-electron chi connectivity index (χ4n) is 3.17. The van der Waals surface area contributed by atoms with Gasteiger partial charge in [0.15, 0.2) is 0 Å². The normalized spacial score (nSPS) is 13.2. The number of hydrogen-bond donors (Lipinski definition) is 2. The molecule has 0 saturated heterocycles. The summed E-state index contributed by atoms with van der Waals surface area (Å²) in [7, 11) is 1.72. The van der Waals surface area contributed by atoms with E-state index in [0.717, 1.165) is 36.2 Å². The van der Waals surface area contributed by atoms with Gasteiger partial charge in [-0.05, 0) is 49.8 Å². The van der Waals surface area contributed by atoms with E-state index in [1.807, 2.05) is 31.2 Å². The highest BCUT2D eigenvalue weighted by atomic mass is 16.2. The molecule has 0 unspecified atom stereocenters. The Morgan fingerprint density at radius 1 is 1.24 bits per heavy atom. The van der Waals surface area contributed by atoms with Crippen LogP contribution in [-0.2, 0) is 29.0 Å². The van der Waals surface area contributed by atoms with E-state index in [-0.39, 0.29) is 18.2 Å². The van der Waals surface area contributed by atoms with E-state index in [1.165, 1.54) is 17.7 Å². The van der Waals surface area contributed by atoms with Crippen molar-refractivity contribution in [3.05, 3.63) is 46.8 Å². The lowest BCUT2D eigenvalue weighted by Crippen LogP contribution is -2.30. The number of nitrogens with zero attached hydrogens (tertiary/aromatic N) is 2. The Labute approximate surface area is 147 Å². The van der Waals surface area contributed by atoms with Gasteiger partial charge in [-0.2, -0.15) is 5.10 Å². The number of H-pyrrole nitrogens is 1. The topological polar surface area (TPSA) is 78.1 Å². The summed E-state index contributed by atoms with van der Waals surface area (Å²) in [5.74, 6) is -0.506. The molecule has 3 rings (SSSR count). The van der Waals surface area contributed by atoms with Gasteiger partial charge in [0, 0.05) is 18.4 Å². The number of carbonyl (C=O) groups is 2. The molecular weight excluding hydrogens is 316 g/mol. The van der Waals surface area contributed by atoms with Crippen LogP contribution in [0.2, 0.25) is 0 Å². The number of hydrogen-bond acceptors (Lipinski definition) is 3. The predicted octanol–water partition coefficient (Wildman–Crippen LogP) is 2.58. The molecule has 1 heterocycles. The third-order valence-corrected chi connectivity index (χ3v) is 4.69.